The molecule has 0 aromatic rings. The molecule has 1 rings (SSSR count). The zero-order valence-corrected chi connectivity index (χ0v) is 10.5. The second-order valence-corrected chi connectivity index (χ2v) is 5.25. The predicted molar refractivity (Wildman–Crippen MR) is 62.1 cm³/mol. The first-order valence-electron chi connectivity index (χ1n) is 5.94. The maximum atomic E-state index is 5.77. The van der Waals surface area contributed by atoms with Crippen LogP contribution in [0, 0.1) is 0 Å². The molecule has 3 heteroatoms. The van der Waals surface area contributed by atoms with Crippen molar-refractivity contribution in [2.24, 2.45) is 0 Å². The van der Waals surface area contributed by atoms with Crippen molar-refractivity contribution in [1.29, 1.82) is 0 Å². The average molecular weight is 215 g/mol. The van der Waals surface area contributed by atoms with Gasteiger partial charge >= 0.3 is 0 Å². The molecule has 0 heterocycles. The van der Waals surface area contributed by atoms with E-state index in [2.05, 4.69) is 26.1 Å². The van der Waals surface area contributed by atoms with Crippen LogP contribution in [0.2, 0.25) is 0 Å². The fourth-order valence-corrected chi connectivity index (χ4v) is 1.92. The van der Waals surface area contributed by atoms with Crippen molar-refractivity contribution in [2.75, 3.05) is 20.3 Å². The van der Waals surface area contributed by atoms with E-state index >= 15 is 0 Å². The Labute approximate surface area is 93.5 Å². The van der Waals surface area contributed by atoms with Gasteiger partial charge in [0.1, 0.15) is 0 Å². The number of hydrogen-bond acceptors (Lipinski definition) is 3. The summed E-state index contributed by atoms with van der Waals surface area (Å²) in [4.78, 5) is 0. The lowest BCUT2D eigenvalue weighted by molar-refractivity contribution is -0.0504. The minimum Gasteiger partial charge on any atom is -0.376 e. The summed E-state index contributed by atoms with van der Waals surface area (Å²) in [5, 5.41) is 3.30. The summed E-state index contributed by atoms with van der Waals surface area (Å²) in [6.07, 6.45) is 4.00. The largest absolute Gasteiger partial charge is 0.376 e. The zero-order chi connectivity index (χ0) is 11.3. The maximum absolute atomic E-state index is 5.77. The molecule has 0 spiro atoms. The zero-order valence-electron chi connectivity index (χ0n) is 10.5. The van der Waals surface area contributed by atoms with Gasteiger partial charge in [-0.25, -0.2) is 0 Å². The van der Waals surface area contributed by atoms with E-state index in [-0.39, 0.29) is 5.60 Å². The van der Waals surface area contributed by atoms with E-state index in [4.69, 9.17) is 9.47 Å². The minimum atomic E-state index is -0.0491. The number of rotatable bonds is 5. The molecule has 0 radical (unpaired) electrons. The summed E-state index contributed by atoms with van der Waals surface area (Å²) < 4.78 is 11.4. The molecule has 2 atom stereocenters. The molecule has 1 saturated carbocycles. The molecule has 15 heavy (non-hydrogen) atoms. The third kappa shape index (κ3) is 5.50. The lowest BCUT2D eigenvalue weighted by atomic mass is 10.2. The Kier molecular flexibility index (Phi) is 5.03. The van der Waals surface area contributed by atoms with Crippen LogP contribution < -0.4 is 5.32 Å². The van der Waals surface area contributed by atoms with Gasteiger partial charge in [-0.05, 0) is 47.1 Å². The Morgan fingerprint density at radius 2 is 1.93 bits per heavy atom. The number of ether oxygens (including phenoxy) is 2. The average Bonchev–Trinajstić information content (AvgIpc) is 2.59. The molecule has 3 nitrogen and oxygen atoms in total. The Bertz CT molecular complexity index is 177. The number of hydrogen-bond donors (Lipinski definition) is 1. The molecular weight excluding hydrogens is 190 g/mol. The predicted octanol–water partition coefficient (Wildman–Crippen LogP) is 1.96. The summed E-state index contributed by atoms with van der Waals surface area (Å²) in [7, 11) is 2.02. The van der Waals surface area contributed by atoms with Gasteiger partial charge in [-0.2, -0.15) is 0 Å². The highest BCUT2D eigenvalue weighted by molar-refractivity contribution is 4.79. The second kappa shape index (κ2) is 5.83. The van der Waals surface area contributed by atoms with Crippen molar-refractivity contribution in [1.82, 2.24) is 5.32 Å². The van der Waals surface area contributed by atoms with Crippen LogP contribution in [0.3, 0.4) is 0 Å². The number of nitrogens with one attached hydrogen (secondary N) is 1. The summed E-state index contributed by atoms with van der Waals surface area (Å²) in [6, 6.07) is 0.651. The first kappa shape index (κ1) is 12.9. The molecule has 0 saturated heterocycles. The van der Waals surface area contributed by atoms with Crippen molar-refractivity contribution in [3.8, 4) is 0 Å². The molecular formula is C12H25NO2. The highest BCUT2D eigenvalue weighted by atomic mass is 16.5. The van der Waals surface area contributed by atoms with Crippen LogP contribution in [0.15, 0.2) is 0 Å². The van der Waals surface area contributed by atoms with E-state index in [9.17, 15) is 0 Å². The highest BCUT2D eigenvalue weighted by Crippen LogP contribution is 2.21. The smallest absolute Gasteiger partial charge is 0.0707 e. The molecule has 0 aliphatic heterocycles. The topological polar surface area (TPSA) is 30.5 Å². The fraction of sp³-hybridized carbons (Fsp3) is 1.00. The van der Waals surface area contributed by atoms with Gasteiger partial charge in [0, 0.05) is 6.04 Å². The van der Waals surface area contributed by atoms with E-state index in [1.807, 2.05) is 7.05 Å². The molecule has 1 aliphatic carbocycles. The quantitative estimate of drug-likeness (QED) is 0.711. The normalized spacial score (nSPS) is 27.2. The van der Waals surface area contributed by atoms with Crippen LogP contribution in [0.1, 0.15) is 40.0 Å². The monoisotopic (exact) mass is 215 g/mol. The molecule has 90 valence electrons. The second-order valence-electron chi connectivity index (χ2n) is 5.25. The van der Waals surface area contributed by atoms with Gasteiger partial charge in [0.15, 0.2) is 0 Å². The molecule has 1 aliphatic rings. The Morgan fingerprint density at radius 3 is 2.47 bits per heavy atom. The van der Waals surface area contributed by atoms with E-state index in [0.29, 0.717) is 18.8 Å². The Balaban J connectivity index is 2.02. The first-order chi connectivity index (χ1) is 7.01. The van der Waals surface area contributed by atoms with Crippen LogP contribution in [0.25, 0.3) is 0 Å². The van der Waals surface area contributed by atoms with Crippen molar-refractivity contribution < 1.29 is 9.47 Å². The van der Waals surface area contributed by atoms with Crippen molar-refractivity contribution in [2.45, 2.75) is 57.8 Å². The summed E-state index contributed by atoms with van der Waals surface area (Å²) in [5.74, 6) is 0. The molecule has 1 fully saturated rings. The van der Waals surface area contributed by atoms with Crippen LogP contribution in [-0.2, 0) is 9.47 Å². The van der Waals surface area contributed by atoms with Gasteiger partial charge < -0.3 is 14.8 Å². The SMILES string of the molecule is CNC1CCC(OCCOC(C)(C)C)C1. The molecule has 2 unspecified atom stereocenters. The standard InChI is InChI=1S/C12H25NO2/c1-12(2,3)15-8-7-14-11-6-5-10(9-11)13-4/h10-11,13H,5-9H2,1-4H3. The van der Waals surface area contributed by atoms with Crippen molar-refractivity contribution in [3.05, 3.63) is 0 Å². The van der Waals surface area contributed by atoms with E-state index in [1.165, 1.54) is 12.8 Å². The van der Waals surface area contributed by atoms with E-state index in [0.717, 1.165) is 13.0 Å². The third-order valence-electron chi connectivity index (χ3n) is 2.76. The molecule has 0 amide bonds. The molecule has 0 aromatic heterocycles. The third-order valence-corrected chi connectivity index (χ3v) is 2.76. The lowest BCUT2D eigenvalue weighted by Crippen LogP contribution is -2.25. The molecule has 0 aromatic carbocycles. The van der Waals surface area contributed by atoms with Gasteiger partial charge in [0.25, 0.3) is 0 Å². The van der Waals surface area contributed by atoms with Crippen LogP contribution in [-0.4, -0.2) is 38.0 Å². The Hall–Kier alpha value is -0.120. The summed E-state index contributed by atoms with van der Waals surface area (Å²) >= 11 is 0. The summed E-state index contributed by atoms with van der Waals surface area (Å²) in [5.41, 5.74) is -0.0491. The van der Waals surface area contributed by atoms with E-state index < -0.39 is 0 Å². The van der Waals surface area contributed by atoms with Crippen molar-refractivity contribution in [3.63, 3.8) is 0 Å². The van der Waals surface area contributed by atoms with Gasteiger partial charge in [-0.1, -0.05) is 0 Å². The van der Waals surface area contributed by atoms with Crippen LogP contribution >= 0.6 is 0 Å². The van der Waals surface area contributed by atoms with Crippen molar-refractivity contribution >= 4 is 0 Å². The molecule has 1 N–H and O–H groups in total. The lowest BCUT2D eigenvalue weighted by Gasteiger charge is -2.20. The Morgan fingerprint density at radius 1 is 1.20 bits per heavy atom. The van der Waals surface area contributed by atoms with Gasteiger partial charge in [-0.15, -0.1) is 0 Å². The first-order valence-corrected chi connectivity index (χ1v) is 5.94. The van der Waals surface area contributed by atoms with Crippen LogP contribution in [0.4, 0.5) is 0 Å². The highest BCUT2D eigenvalue weighted by Gasteiger charge is 2.23. The van der Waals surface area contributed by atoms with Gasteiger partial charge in [0.05, 0.1) is 24.9 Å². The maximum Gasteiger partial charge on any atom is 0.0707 e. The minimum absolute atomic E-state index is 0.0491. The fourth-order valence-electron chi connectivity index (χ4n) is 1.92. The summed E-state index contributed by atoms with van der Waals surface area (Å²) in [6.45, 7) is 7.63. The van der Waals surface area contributed by atoms with Gasteiger partial charge in [0.2, 0.25) is 0 Å². The van der Waals surface area contributed by atoms with Gasteiger partial charge in [-0.3, -0.25) is 0 Å². The molecule has 0 bridgehead atoms. The van der Waals surface area contributed by atoms with E-state index in [1.54, 1.807) is 0 Å². The van der Waals surface area contributed by atoms with Crippen LogP contribution in [0.5, 0.6) is 0 Å².